The van der Waals surface area contributed by atoms with E-state index in [1.54, 1.807) is 17.2 Å². The average Bonchev–Trinajstić information content (AvgIpc) is 3.48. The molecule has 2 aromatic heterocycles. The Morgan fingerprint density at radius 1 is 1.27 bits per heavy atom. The molecule has 3 heterocycles. The van der Waals surface area contributed by atoms with Crippen LogP contribution in [-0.4, -0.2) is 41.5 Å². The number of rotatable bonds is 8. The summed E-state index contributed by atoms with van der Waals surface area (Å²) in [6.07, 6.45) is 5.66. The maximum Gasteiger partial charge on any atom is 0.331 e. The molecule has 0 saturated heterocycles. The van der Waals surface area contributed by atoms with Crippen molar-refractivity contribution in [2.45, 2.75) is 45.3 Å². The summed E-state index contributed by atoms with van der Waals surface area (Å²) >= 11 is 1.26. The van der Waals surface area contributed by atoms with Gasteiger partial charge in [0.25, 0.3) is 5.91 Å². The van der Waals surface area contributed by atoms with Crippen molar-refractivity contribution < 1.29 is 19.1 Å². The van der Waals surface area contributed by atoms with E-state index in [2.05, 4.69) is 27.5 Å². The van der Waals surface area contributed by atoms with Crippen molar-refractivity contribution in [3.8, 4) is 5.75 Å². The zero-order valence-electron chi connectivity index (χ0n) is 20.7. The summed E-state index contributed by atoms with van der Waals surface area (Å²) in [6, 6.07) is 8.70. The lowest BCUT2D eigenvalue weighted by Gasteiger charge is -2.28. The number of hydrogen-bond acceptors (Lipinski definition) is 6. The van der Waals surface area contributed by atoms with Crippen LogP contribution >= 0.6 is 11.3 Å². The van der Waals surface area contributed by atoms with Crippen LogP contribution in [0.2, 0.25) is 0 Å². The Bertz CT molecular complexity index is 1370. The molecule has 1 aliphatic heterocycles. The molecule has 3 aromatic rings. The molecular weight excluding hydrogens is 490 g/mol. The fourth-order valence-electron chi connectivity index (χ4n) is 4.96. The maximum atomic E-state index is 13.4. The second-order valence-electron chi connectivity index (χ2n) is 9.46. The molecule has 37 heavy (non-hydrogen) atoms. The zero-order chi connectivity index (χ0) is 26.1. The first kappa shape index (κ1) is 24.8. The number of thiophene rings is 1. The third-order valence-electron chi connectivity index (χ3n) is 6.62. The monoisotopic (exact) mass is 519 g/mol. The van der Waals surface area contributed by atoms with Crippen LogP contribution < -0.4 is 25.6 Å². The predicted octanol–water partition coefficient (Wildman–Crippen LogP) is 4.97. The van der Waals surface area contributed by atoms with Crippen LogP contribution in [0.3, 0.4) is 0 Å². The molecule has 1 aromatic carbocycles. The second kappa shape index (κ2) is 10.2. The van der Waals surface area contributed by atoms with Crippen LogP contribution in [-0.2, 0) is 4.79 Å². The molecule has 5 rings (SSSR count). The van der Waals surface area contributed by atoms with E-state index < -0.39 is 0 Å². The van der Waals surface area contributed by atoms with Gasteiger partial charge in [-0.3, -0.25) is 14.5 Å². The molecule has 0 spiro atoms. The second-order valence-corrected chi connectivity index (χ2v) is 10.5. The van der Waals surface area contributed by atoms with E-state index in [0.717, 1.165) is 30.4 Å². The molecule has 192 valence electrons. The van der Waals surface area contributed by atoms with Crippen LogP contribution in [0.1, 0.15) is 42.8 Å². The van der Waals surface area contributed by atoms with Crippen molar-refractivity contribution in [1.29, 1.82) is 0 Å². The van der Waals surface area contributed by atoms with Crippen LogP contribution in [0.25, 0.3) is 10.2 Å². The predicted molar refractivity (Wildman–Crippen MR) is 145 cm³/mol. The Hall–Kier alpha value is -3.92. The summed E-state index contributed by atoms with van der Waals surface area (Å²) in [7, 11) is 0. The summed E-state index contributed by atoms with van der Waals surface area (Å²) in [6.45, 7) is 7.87. The number of carbonyl (C=O) groups is 3. The highest BCUT2D eigenvalue weighted by Crippen LogP contribution is 2.46. The summed E-state index contributed by atoms with van der Waals surface area (Å²) in [5.41, 5.74) is 1.83. The van der Waals surface area contributed by atoms with Crippen LogP contribution in [0.15, 0.2) is 49.2 Å². The number of carbonyl (C=O) groups excluding carboxylic acids is 3. The number of anilines is 3. The molecule has 10 heteroatoms. The van der Waals surface area contributed by atoms with Gasteiger partial charge in [0.1, 0.15) is 15.5 Å². The topological polar surface area (TPSA) is 113 Å². The number of pyridine rings is 1. The highest BCUT2D eigenvalue weighted by Gasteiger charge is 2.35. The van der Waals surface area contributed by atoms with E-state index in [1.807, 2.05) is 38.1 Å². The van der Waals surface area contributed by atoms with E-state index in [4.69, 9.17) is 4.74 Å². The van der Waals surface area contributed by atoms with Gasteiger partial charge in [-0.2, -0.15) is 0 Å². The standard InChI is InChI=1S/C27H29N5O4S/c1-4-21(33)29-14-16-6-5-7-19(16)30-25(34)24-23-22-20(12-13-28-26(22)37-24)32(27(35)31-23)17-8-10-18(11-9-17)36-15(2)3/h4,8-13,15-16,19H,1,5-7,14H2,2-3H3,(H,29,33)(H,30,34)(H,31,35)/t16-,19-/m1/s1. The van der Waals surface area contributed by atoms with Gasteiger partial charge < -0.3 is 20.7 Å². The molecule has 0 radical (unpaired) electrons. The number of urea groups is 1. The van der Waals surface area contributed by atoms with Crippen molar-refractivity contribution in [3.05, 3.63) is 54.1 Å². The van der Waals surface area contributed by atoms with Gasteiger partial charge in [-0.1, -0.05) is 13.0 Å². The molecule has 3 N–H and O–H groups in total. The van der Waals surface area contributed by atoms with Crippen molar-refractivity contribution in [2.24, 2.45) is 5.92 Å². The van der Waals surface area contributed by atoms with Gasteiger partial charge in [0.2, 0.25) is 5.91 Å². The third-order valence-corrected chi connectivity index (χ3v) is 7.71. The van der Waals surface area contributed by atoms with Crippen molar-refractivity contribution in [2.75, 3.05) is 16.8 Å². The van der Waals surface area contributed by atoms with Gasteiger partial charge in [-0.15, -0.1) is 11.3 Å². The van der Waals surface area contributed by atoms with E-state index in [9.17, 15) is 14.4 Å². The minimum Gasteiger partial charge on any atom is -0.491 e. The van der Waals surface area contributed by atoms with E-state index in [0.29, 0.717) is 33.3 Å². The number of amides is 4. The lowest BCUT2D eigenvalue weighted by Crippen LogP contribution is -2.42. The summed E-state index contributed by atoms with van der Waals surface area (Å²) < 4.78 is 5.72. The number of benzene rings is 1. The molecular formula is C27H29N5O4S. The van der Waals surface area contributed by atoms with Crippen molar-refractivity contribution in [3.63, 3.8) is 0 Å². The Morgan fingerprint density at radius 2 is 2.05 bits per heavy atom. The number of aromatic nitrogens is 1. The molecule has 1 fully saturated rings. The Labute approximate surface area is 218 Å². The highest BCUT2D eigenvalue weighted by molar-refractivity contribution is 7.21. The Balaban J connectivity index is 1.41. The molecule has 2 aliphatic rings. The van der Waals surface area contributed by atoms with Crippen LogP contribution in [0.4, 0.5) is 21.9 Å². The van der Waals surface area contributed by atoms with E-state index in [1.165, 1.54) is 17.4 Å². The van der Waals surface area contributed by atoms with Gasteiger partial charge in [-0.05, 0) is 69.0 Å². The fourth-order valence-corrected chi connectivity index (χ4v) is 5.98. The highest BCUT2D eigenvalue weighted by atomic mass is 32.1. The average molecular weight is 520 g/mol. The molecule has 4 amide bonds. The van der Waals surface area contributed by atoms with Gasteiger partial charge in [0.15, 0.2) is 0 Å². The first-order valence-electron chi connectivity index (χ1n) is 12.4. The molecule has 0 bridgehead atoms. The number of nitrogens with one attached hydrogen (secondary N) is 3. The van der Waals surface area contributed by atoms with Gasteiger partial charge >= 0.3 is 6.03 Å². The lowest BCUT2D eigenvalue weighted by atomic mass is 10.0. The Kier molecular flexibility index (Phi) is 6.84. The minimum atomic E-state index is -0.351. The SMILES string of the molecule is C=CC(=O)NC[C@H]1CCC[C@H]1NC(=O)c1sc2nccc3c2c1NC(=O)N3c1ccc(OC(C)C)cc1. The smallest absolute Gasteiger partial charge is 0.331 e. The molecule has 2 atom stereocenters. The first-order valence-corrected chi connectivity index (χ1v) is 13.2. The molecule has 1 saturated carbocycles. The lowest BCUT2D eigenvalue weighted by molar-refractivity contribution is -0.116. The zero-order valence-corrected chi connectivity index (χ0v) is 21.6. The fraction of sp³-hybridized carbons (Fsp3) is 0.333. The van der Waals surface area contributed by atoms with Gasteiger partial charge in [0, 0.05) is 18.8 Å². The number of hydrogen-bond donors (Lipinski definition) is 3. The number of nitrogens with zero attached hydrogens (tertiary/aromatic N) is 2. The van der Waals surface area contributed by atoms with E-state index >= 15 is 0 Å². The third kappa shape index (κ3) is 4.89. The number of ether oxygens (including phenoxy) is 1. The largest absolute Gasteiger partial charge is 0.491 e. The minimum absolute atomic E-state index is 0.0484. The summed E-state index contributed by atoms with van der Waals surface area (Å²) in [5, 5.41) is 9.63. The summed E-state index contributed by atoms with van der Waals surface area (Å²) in [4.78, 5) is 45.4. The maximum absolute atomic E-state index is 13.4. The molecule has 0 unspecified atom stereocenters. The van der Waals surface area contributed by atoms with E-state index in [-0.39, 0.29) is 35.9 Å². The van der Waals surface area contributed by atoms with Crippen LogP contribution in [0.5, 0.6) is 5.75 Å². The van der Waals surface area contributed by atoms with Gasteiger partial charge in [0.05, 0.1) is 28.6 Å². The quantitative estimate of drug-likeness (QED) is 0.364. The summed E-state index contributed by atoms with van der Waals surface area (Å²) in [5.74, 6) is 0.388. The molecule has 1 aliphatic carbocycles. The van der Waals surface area contributed by atoms with Crippen molar-refractivity contribution >= 4 is 56.5 Å². The normalized spacial score (nSPS) is 18.6. The Morgan fingerprint density at radius 3 is 2.78 bits per heavy atom. The van der Waals surface area contributed by atoms with Gasteiger partial charge in [-0.25, -0.2) is 9.78 Å². The molecule has 9 nitrogen and oxygen atoms in total. The van der Waals surface area contributed by atoms with Crippen molar-refractivity contribution in [1.82, 2.24) is 15.6 Å². The first-order chi connectivity index (χ1) is 17.9. The van der Waals surface area contributed by atoms with Crippen LogP contribution in [0, 0.1) is 5.92 Å².